The maximum atomic E-state index is 9.07. The van der Waals surface area contributed by atoms with Crippen LogP contribution < -0.4 is 9.47 Å². The van der Waals surface area contributed by atoms with Crippen LogP contribution in [0.25, 0.3) is 0 Å². The molecule has 1 N–H and O–H groups in total. The van der Waals surface area contributed by atoms with Gasteiger partial charge in [0, 0.05) is 0 Å². The third-order valence-corrected chi connectivity index (χ3v) is 2.78. The number of aliphatic hydroxyl groups excluding tert-OH is 1. The van der Waals surface area contributed by atoms with Gasteiger partial charge in [-0.1, -0.05) is 12.1 Å². The van der Waals surface area contributed by atoms with Crippen LogP contribution in [0.1, 0.15) is 18.1 Å². The minimum Gasteiger partial charge on any atom is -0.494 e. The first-order valence-electron chi connectivity index (χ1n) is 6.34. The van der Waals surface area contributed by atoms with Gasteiger partial charge in [0.05, 0.1) is 13.2 Å². The second kappa shape index (κ2) is 6.25. The molecule has 0 spiro atoms. The van der Waals surface area contributed by atoms with Gasteiger partial charge in [0.1, 0.15) is 17.2 Å². The molecule has 19 heavy (non-hydrogen) atoms. The highest BCUT2D eigenvalue weighted by atomic mass is 16.5. The van der Waals surface area contributed by atoms with E-state index < -0.39 is 0 Å². The van der Waals surface area contributed by atoms with Crippen LogP contribution >= 0.6 is 0 Å². The molecule has 0 aliphatic heterocycles. The average molecular weight is 258 g/mol. The Morgan fingerprint density at radius 2 is 1.68 bits per heavy atom. The Balaban J connectivity index is 2.12. The van der Waals surface area contributed by atoms with Crippen molar-refractivity contribution in [3.63, 3.8) is 0 Å². The standard InChI is InChI=1S/C16H18O3/c1-3-18-14-5-7-15(8-6-14)19-16-9-4-13(11-17)10-12(16)2/h4-10,17H,3,11H2,1-2H3. The Bertz CT molecular complexity index is 532. The van der Waals surface area contributed by atoms with Crippen molar-refractivity contribution in [2.24, 2.45) is 0 Å². The van der Waals surface area contributed by atoms with Gasteiger partial charge in [-0.15, -0.1) is 0 Å². The molecule has 0 amide bonds. The predicted molar refractivity (Wildman–Crippen MR) is 74.8 cm³/mol. The summed E-state index contributed by atoms with van der Waals surface area (Å²) in [6.07, 6.45) is 0. The number of hydrogen-bond acceptors (Lipinski definition) is 3. The summed E-state index contributed by atoms with van der Waals surface area (Å²) in [6.45, 7) is 4.62. The molecule has 0 aliphatic carbocycles. The lowest BCUT2D eigenvalue weighted by Gasteiger charge is -2.10. The molecule has 3 nitrogen and oxygen atoms in total. The zero-order valence-corrected chi connectivity index (χ0v) is 11.2. The van der Waals surface area contributed by atoms with E-state index in [1.165, 1.54) is 0 Å². The van der Waals surface area contributed by atoms with E-state index in [4.69, 9.17) is 14.6 Å². The van der Waals surface area contributed by atoms with Crippen LogP contribution in [0.5, 0.6) is 17.2 Å². The summed E-state index contributed by atoms with van der Waals surface area (Å²) in [5.74, 6) is 2.40. The summed E-state index contributed by atoms with van der Waals surface area (Å²) in [4.78, 5) is 0. The van der Waals surface area contributed by atoms with Gasteiger partial charge in [-0.25, -0.2) is 0 Å². The van der Waals surface area contributed by atoms with E-state index in [-0.39, 0.29) is 6.61 Å². The first-order valence-corrected chi connectivity index (χ1v) is 6.34. The largest absolute Gasteiger partial charge is 0.494 e. The van der Waals surface area contributed by atoms with Crippen LogP contribution in [0, 0.1) is 6.92 Å². The minimum atomic E-state index is 0.0458. The summed E-state index contributed by atoms with van der Waals surface area (Å²) in [7, 11) is 0. The summed E-state index contributed by atoms with van der Waals surface area (Å²) in [5, 5.41) is 9.07. The number of aliphatic hydroxyl groups is 1. The minimum absolute atomic E-state index is 0.0458. The number of benzene rings is 2. The number of aryl methyl sites for hydroxylation is 1. The number of rotatable bonds is 5. The molecule has 0 bridgehead atoms. The highest BCUT2D eigenvalue weighted by Crippen LogP contribution is 2.27. The molecular weight excluding hydrogens is 240 g/mol. The van der Waals surface area contributed by atoms with Gasteiger partial charge in [-0.3, -0.25) is 0 Å². The van der Waals surface area contributed by atoms with Crippen molar-refractivity contribution < 1.29 is 14.6 Å². The van der Waals surface area contributed by atoms with Crippen LogP contribution in [0.15, 0.2) is 42.5 Å². The Morgan fingerprint density at radius 1 is 1.00 bits per heavy atom. The second-order valence-electron chi connectivity index (χ2n) is 4.26. The first kappa shape index (κ1) is 13.4. The fourth-order valence-electron chi connectivity index (χ4n) is 1.82. The lowest BCUT2D eigenvalue weighted by atomic mass is 10.1. The Kier molecular flexibility index (Phi) is 4.42. The van der Waals surface area contributed by atoms with Gasteiger partial charge in [-0.2, -0.15) is 0 Å². The summed E-state index contributed by atoms with van der Waals surface area (Å²) in [6, 6.07) is 13.2. The van der Waals surface area contributed by atoms with E-state index in [1.54, 1.807) is 0 Å². The van der Waals surface area contributed by atoms with Crippen molar-refractivity contribution in [2.45, 2.75) is 20.5 Å². The maximum Gasteiger partial charge on any atom is 0.130 e. The van der Waals surface area contributed by atoms with Crippen molar-refractivity contribution in [3.8, 4) is 17.2 Å². The smallest absolute Gasteiger partial charge is 0.130 e. The van der Waals surface area contributed by atoms with Crippen molar-refractivity contribution in [1.82, 2.24) is 0 Å². The van der Waals surface area contributed by atoms with E-state index >= 15 is 0 Å². The highest BCUT2D eigenvalue weighted by Gasteiger charge is 2.03. The van der Waals surface area contributed by atoms with Crippen LogP contribution in [0.3, 0.4) is 0 Å². The molecule has 0 radical (unpaired) electrons. The molecule has 0 unspecified atom stereocenters. The Morgan fingerprint density at radius 3 is 2.26 bits per heavy atom. The summed E-state index contributed by atoms with van der Waals surface area (Å²) in [5.41, 5.74) is 1.89. The number of ether oxygens (including phenoxy) is 2. The van der Waals surface area contributed by atoms with Gasteiger partial charge in [0.2, 0.25) is 0 Å². The van der Waals surface area contributed by atoms with E-state index in [0.29, 0.717) is 6.61 Å². The van der Waals surface area contributed by atoms with Gasteiger partial charge >= 0.3 is 0 Å². The maximum absolute atomic E-state index is 9.07. The van der Waals surface area contributed by atoms with Crippen molar-refractivity contribution >= 4 is 0 Å². The normalized spacial score (nSPS) is 10.3. The molecule has 2 aromatic carbocycles. The molecule has 0 aromatic heterocycles. The van der Waals surface area contributed by atoms with E-state index in [9.17, 15) is 0 Å². The molecular formula is C16H18O3. The zero-order chi connectivity index (χ0) is 13.7. The van der Waals surface area contributed by atoms with Gasteiger partial charge in [0.25, 0.3) is 0 Å². The monoisotopic (exact) mass is 258 g/mol. The van der Waals surface area contributed by atoms with Crippen molar-refractivity contribution in [2.75, 3.05) is 6.61 Å². The predicted octanol–water partition coefficient (Wildman–Crippen LogP) is 3.68. The van der Waals surface area contributed by atoms with E-state index in [2.05, 4.69) is 0 Å². The van der Waals surface area contributed by atoms with Gasteiger partial charge in [0.15, 0.2) is 0 Å². The van der Waals surface area contributed by atoms with E-state index in [1.807, 2.05) is 56.3 Å². The fourth-order valence-corrected chi connectivity index (χ4v) is 1.82. The molecule has 0 atom stereocenters. The van der Waals surface area contributed by atoms with Gasteiger partial charge in [-0.05, 0) is 55.3 Å². The fraction of sp³-hybridized carbons (Fsp3) is 0.250. The molecule has 3 heteroatoms. The molecule has 0 saturated carbocycles. The third kappa shape index (κ3) is 3.48. The molecule has 0 heterocycles. The lowest BCUT2D eigenvalue weighted by molar-refractivity contribution is 0.281. The SMILES string of the molecule is CCOc1ccc(Oc2ccc(CO)cc2C)cc1. The lowest BCUT2D eigenvalue weighted by Crippen LogP contribution is -1.92. The molecule has 0 saturated heterocycles. The van der Waals surface area contributed by atoms with Crippen LogP contribution in [-0.4, -0.2) is 11.7 Å². The molecule has 0 aliphatic rings. The van der Waals surface area contributed by atoms with Gasteiger partial charge < -0.3 is 14.6 Å². The quantitative estimate of drug-likeness (QED) is 0.889. The van der Waals surface area contributed by atoms with Crippen LogP contribution in [0.2, 0.25) is 0 Å². The average Bonchev–Trinajstić information content (AvgIpc) is 2.43. The Hall–Kier alpha value is -2.00. The highest BCUT2D eigenvalue weighted by molar-refractivity contribution is 5.40. The Labute approximate surface area is 113 Å². The number of hydrogen-bond donors (Lipinski definition) is 1. The third-order valence-electron chi connectivity index (χ3n) is 2.78. The van der Waals surface area contributed by atoms with Crippen molar-refractivity contribution in [3.05, 3.63) is 53.6 Å². The van der Waals surface area contributed by atoms with Crippen LogP contribution in [0.4, 0.5) is 0 Å². The first-order chi connectivity index (χ1) is 9.22. The zero-order valence-electron chi connectivity index (χ0n) is 11.2. The summed E-state index contributed by atoms with van der Waals surface area (Å²) < 4.78 is 11.2. The van der Waals surface area contributed by atoms with Crippen LogP contribution in [-0.2, 0) is 6.61 Å². The molecule has 100 valence electrons. The molecule has 2 aromatic rings. The van der Waals surface area contributed by atoms with E-state index in [0.717, 1.165) is 28.4 Å². The topological polar surface area (TPSA) is 38.7 Å². The van der Waals surface area contributed by atoms with Crippen molar-refractivity contribution in [1.29, 1.82) is 0 Å². The molecule has 0 fully saturated rings. The summed E-state index contributed by atoms with van der Waals surface area (Å²) >= 11 is 0. The molecule has 2 rings (SSSR count). The second-order valence-corrected chi connectivity index (χ2v) is 4.26.